The lowest BCUT2D eigenvalue weighted by atomic mass is 10.1. The van der Waals surface area contributed by atoms with Crippen LogP contribution >= 0.6 is 0 Å². The monoisotopic (exact) mass is 1830 g/mol. The summed E-state index contributed by atoms with van der Waals surface area (Å²) in [4.78, 5) is 157. The molecular formula is C67H99N21O39. The fraction of sp³-hybridized carbons (Fsp3) is 0.597. The Labute approximate surface area is 717 Å². The van der Waals surface area contributed by atoms with Crippen molar-refractivity contribution in [2.24, 2.45) is 40.3 Å². The second kappa shape index (κ2) is 48.0. The Hall–Kier alpha value is -11.3. The molecule has 34 N–H and O–H groups in total. The average molecular weight is 1830 g/mol. The highest BCUT2D eigenvalue weighted by atomic mass is 16.6. The van der Waals surface area contributed by atoms with Gasteiger partial charge in [-0.05, 0) is 56.5 Å². The van der Waals surface area contributed by atoms with Gasteiger partial charge in [0.1, 0.15) is 149 Å². The van der Waals surface area contributed by atoms with E-state index in [0.717, 1.165) is 80.9 Å². The predicted octanol–water partition coefficient (Wildman–Crippen LogP) is -14.0. The fourth-order valence-electron chi connectivity index (χ4n) is 11.5. The molecule has 60 heteroatoms. The van der Waals surface area contributed by atoms with Crippen LogP contribution in [0.25, 0.3) is 0 Å². The van der Waals surface area contributed by atoms with Crippen LogP contribution in [0.15, 0.2) is 85.3 Å². The summed E-state index contributed by atoms with van der Waals surface area (Å²) in [5, 5.41) is 163. The van der Waals surface area contributed by atoms with Crippen LogP contribution in [0.1, 0.15) is 89.7 Å². The Kier molecular flexibility index (Phi) is 35.8. The lowest BCUT2D eigenvalue weighted by Crippen LogP contribution is -2.43. The second-order valence-corrected chi connectivity index (χ2v) is 27.6. The molecule has 5 aliphatic heterocycles. The molecule has 5 saturated heterocycles. The molecule has 0 unspecified atom stereocenters. The maximum absolute atomic E-state index is 12.0. The molecule has 2 amide bonds. The zero-order chi connectivity index (χ0) is 98.7. The molecular weight excluding hydrogens is 1720 g/mol. The molecule has 6 aliphatic rings. The van der Waals surface area contributed by atoms with Gasteiger partial charge in [0, 0.05) is 37.4 Å². The van der Waals surface area contributed by atoms with Crippen LogP contribution in [0.3, 0.4) is 0 Å². The Bertz CT molecular complexity index is 5010. The summed E-state index contributed by atoms with van der Waals surface area (Å²) in [6.07, 6.45) is -29.4. The topological polar surface area (TPSA) is 946 Å². The molecule has 0 aromatic carbocycles. The van der Waals surface area contributed by atoms with Crippen LogP contribution in [0, 0.1) is 5.92 Å². The van der Waals surface area contributed by atoms with Crippen molar-refractivity contribution in [3.05, 3.63) is 114 Å². The third-order valence-electron chi connectivity index (χ3n) is 18.6. The lowest BCUT2D eigenvalue weighted by molar-refractivity contribution is -0.155. The van der Waals surface area contributed by atoms with Crippen molar-refractivity contribution in [2.45, 2.75) is 205 Å². The van der Waals surface area contributed by atoms with Crippen molar-refractivity contribution >= 4 is 70.8 Å². The Balaban J connectivity index is 0.000000226. The molecule has 0 radical (unpaired) electrons. The predicted molar refractivity (Wildman–Crippen MR) is 409 cm³/mol. The number of nitrogens with one attached hydrogen (secondary N) is 5. The number of primary amides is 2. The van der Waals surface area contributed by atoms with E-state index in [4.69, 9.17) is 120 Å². The SMILES string of the molecule is [2H][C@@]1(n2ccc(NO)nc2=O)O[C@H](COC(=O)C2CCCC2)[C@@H](O)[C@H]1O.[2H][C@@]1(n2ccc(NO)nc2=O)O[C@H](COC(=O)[C@H](N)CC(N)=O)[C@@H](O)[C@H]1O.[2H][C@@]1(n2ccc(NO)nc2=O)O[C@H](COC(=O)[C@H](N)CCC(N)=O)[C@@H](O)[C@H]1O.[2H][C@@]1(n2ccc(NO)nc2=O)O[C@H](COC(=O)[C@H](N)CO)[C@@H](O)[C@H]1O.[2H][C@@]1(n2ccc(NO)nc2=O)O[C@H](COC(=O)[C@H](N)[C@H](C)O)[C@@H](O)[C@H]1O. The average Bonchev–Trinajstić information content (AvgIpc) is 1.63. The molecule has 10 heterocycles. The van der Waals surface area contributed by atoms with Crippen LogP contribution in [0.2, 0.25) is 0 Å². The van der Waals surface area contributed by atoms with E-state index in [1.54, 1.807) is 27.4 Å². The summed E-state index contributed by atoms with van der Waals surface area (Å²) in [5.41, 5.74) is 34.6. The molecule has 25 atom stereocenters. The normalized spacial score (nSPS) is 31.0. The van der Waals surface area contributed by atoms with E-state index in [1.165, 1.54) is 13.0 Å². The van der Waals surface area contributed by atoms with Gasteiger partial charge >= 0.3 is 58.3 Å². The number of esters is 5. The number of ether oxygens (including phenoxy) is 10. The highest BCUT2D eigenvalue weighted by Crippen LogP contribution is 2.35. The second-order valence-electron chi connectivity index (χ2n) is 27.6. The summed E-state index contributed by atoms with van der Waals surface area (Å²) >= 11 is 0. The van der Waals surface area contributed by atoms with E-state index >= 15 is 0 Å². The van der Waals surface area contributed by atoms with Crippen molar-refractivity contribution in [1.29, 1.82) is 0 Å². The third-order valence-corrected chi connectivity index (χ3v) is 18.6. The number of carbonyl (C=O) groups is 7. The molecule has 0 bridgehead atoms. The number of aromatic nitrogens is 10. The number of nitrogens with zero attached hydrogens (tertiary/aromatic N) is 10. The molecule has 1 aliphatic carbocycles. The minimum absolute atomic E-state index is 0.0421. The molecule has 0 spiro atoms. The van der Waals surface area contributed by atoms with Gasteiger partial charge in [-0.2, -0.15) is 24.9 Å². The van der Waals surface area contributed by atoms with Crippen molar-refractivity contribution in [3.63, 3.8) is 0 Å². The smallest absolute Gasteiger partial charge is 0.351 e. The van der Waals surface area contributed by atoms with Crippen molar-refractivity contribution in [3.8, 4) is 0 Å². The van der Waals surface area contributed by atoms with Gasteiger partial charge in [-0.25, -0.2) is 24.0 Å². The highest BCUT2D eigenvalue weighted by Gasteiger charge is 2.50. The van der Waals surface area contributed by atoms with E-state index in [1.807, 2.05) is 0 Å². The number of hydrogen-bond donors (Lipinski definition) is 28. The van der Waals surface area contributed by atoms with Gasteiger partial charge in [-0.1, -0.05) is 12.8 Å². The van der Waals surface area contributed by atoms with Gasteiger partial charge in [-0.3, -0.25) is 110 Å². The molecule has 5 aromatic heterocycles. The summed E-state index contributed by atoms with van der Waals surface area (Å²) in [6.45, 7) is -2.02. The summed E-state index contributed by atoms with van der Waals surface area (Å²) in [6, 6.07) is 0.649. The van der Waals surface area contributed by atoms with Gasteiger partial charge < -0.3 is 143 Å². The van der Waals surface area contributed by atoms with Gasteiger partial charge in [0.25, 0.3) is 0 Å². The summed E-state index contributed by atoms with van der Waals surface area (Å²) in [5.74, 6) is -6.80. The maximum Gasteiger partial charge on any atom is 0.351 e. The zero-order valence-corrected chi connectivity index (χ0v) is 66.1. The number of aliphatic hydroxyl groups is 12. The van der Waals surface area contributed by atoms with Crippen molar-refractivity contribution in [1.82, 2.24) is 47.8 Å². The fourth-order valence-corrected chi connectivity index (χ4v) is 11.5. The minimum Gasteiger partial charge on any atom is -0.463 e. The first-order valence-electron chi connectivity index (χ1n) is 39.8. The molecule has 5 aromatic rings. The number of amides is 2. The van der Waals surface area contributed by atoms with Crippen LogP contribution in [-0.4, -0.2) is 338 Å². The van der Waals surface area contributed by atoms with Gasteiger partial charge in [0.05, 0.1) is 31.9 Å². The molecule has 127 heavy (non-hydrogen) atoms. The van der Waals surface area contributed by atoms with Crippen molar-refractivity contribution < 1.29 is 175 Å². The molecule has 1 saturated carbocycles. The van der Waals surface area contributed by atoms with E-state index in [2.05, 4.69) is 24.9 Å². The summed E-state index contributed by atoms with van der Waals surface area (Å²) < 4.78 is 94.8. The van der Waals surface area contributed by atoms with Crippen LogP contribution in [0.4, 0.5) is 29.1 Å². The number of carbonyl (C=O) groups excluding carboxylic acids is 7. The molecule has 706 valence electrons. The molecule has 60 nitrogen and oxygen atoms in total. The van der Waals surface area contributed by atoms with Crippen molar-refractivity contribution in [2.75, 3.05) is 67.0 Å². The maximum atomic E-state index is 12.0. The Morgan fingerprint density at radius 2 is 0.669 bits per heavy atom. The van der Waals surface area contributed by atoms with E-state index in [-0.39, 0.29) is 54.5 Å². The first kappa shape index (κ1) is 94.8. The number of anilines is 5. The first-order chi connectivity index (χ1) is 61.9. The van der Waals surface area contributed by atoms with Crippen LogP contribution in [-0.2, 0) is 80.9 Å². The molecule has 11 rings (SSSR count). The van der Waals surface area contributed by atoms with E-state index < -0.39 is 262 Å². The summed E-state index contributed by atoms with van der Waals surface area (Å²) in [7, 11) is 0. The number of aliphatic hydroxyl groups excluding tert-OH is 12. The van der Waals surface area contributed by atoms with E-state index in [9.17, 15) is 114 Å². The van der Waals surface area contributed by atoms with Gasteiger partial charge in [0.2, 0.25) is 11.8 Å². The van der Waals surface area contributed by atoms with Crippen LogP contribution in [0.5, 0.6) is 0 Å². The standard InChI is InChI=1S/C15H21N3O7.C14H21N5O8.C13H19N5O8.C13H20N4O8.C12H18N4O8/c19-11-9(7-24-14(21)8-3-1-2-4-8)25-13(12(11)20)18-6-5-10(17-23)16-15(18)22;15-6(1-2-8(16)20)13(23)26-5-7-10(21)11(22)12(27-7)19-4-3-9(18-25)17-14(19)24;14-5(3-7(15)19)12(22)25-4-6-9(20)10(21)11(26-6)18-2-1-8(17-24)16-13(18)23;1-5(18)8(14)12(21)24-4-6-9(19)10(20)11(25-6)17-3-2-7(16-23)15-13(17)22;13-5(3-17)11(20)23-4-6-8(18)9(19)10(24-6)16-2-1-7(15-22)14-12(16)21/h5-6,8-9,11-13,19-20,23H,1-4,7H2,(H,16,17,22);3-4,6-7,10-12,21-22,25H,1-2,5,15H2,(H2,16,20)(H,17,18,24);1-2,5-6,9-11,20-21,24H,3-4,14H2,(H2,15,19)(H,16,17,23);2-3,5-6,8-11,18-20,23H,4,14H2,1H3,(H,15,16,22);1-2,5-6,8-10,17-19,22H,3-4,13H2,(H,14,15,21)/t9-,11-,12-,13-;6-,7-,10-,11-,12-;5-,6-,9-,10-,11-;5-,6+,8+,9+,10+,11+;5-,6-,8-,9-,10-/m11101/s1/i13D;12D;2*11D;10D. The lowest BCUT2D eigenvalue weighted by Gasteiger charge is -2.18. The quantitative estimate of drug-likeness (QED) is 0.0108. The zero-order valence-electron chi connectivity index (χ0n) is 71.1. The van der Waals surface area contributed by atoms with E-state index in [0.29, 0.717) is 22.8 Å². The first-order valence-corrected chi connectivity index (χ1v) is 37.3. The van der Waals surface area contributed by atoms with Gasteiger partial charge in [-0.15, -0.1) is 0 Å². The Morgan fingerprint density at radius 1 is 0.417 bits per heavy atom. The largest absolute Gasteiger partial charge is 0.463 e. The Morgan fingerprint density at radius 3 is 0.906 bits per heavy atom. The number of nitrogens with two attached hydrogens (primary N) is 6. The molecule has 6 fully saturated rings. The minimum atomic E-state index is -2.47. The van der Waals surface area contributed by atoms with Crippen LogP contribution < -0.4 is 90.3 Å². The number of rotatable bonds is 32. The third kappa shape index (κ3) is 27.3. The number of hydrogen-bond acceptors (Lipinski definition) is 53. The highest BCUT2D eigenvalue weighted by molar-refractivity contribution is 5.84. The van der Waals surface area contributed by atoms with Gasteiger partial charge in [0.15, 0.2) is 60.1 Å².